The predicted molar refractivity (Wildman–Crippen MR) is 116 cm³/mol. The lowest BCUT2D eigenvalue weighted by molar-refractivity contribution is -0.137. The summed E-state index contributed by atoms with van der Waals surface area (Å²) in [6, 6.07) is 10.2. The van der Waals surface area contributed by atoms with E-state index in [1.54, 1.807) is 30.1 Å². The van der Waals surface area contributed by atoms with Crippen LogP contribution < -0.4 is 5.32 Å². The molecule has 2 N–H and O–H groups in total. The van der Waals surface area contributed by atoms with E-state index in [9.17, 15) is 18.3 Å². The number of aromatic nitrogens is 5. The standard InChI is InChI=1S/C21H19F3N6O.ClH/c1-13-10-29(12-26-13)18-7-6-14(8-15(18)11-31)19-27-20(25-2)30(28-19)17-5-3-4-16(9-17)21(22,23)24;/h3-10,12,31H,11H2,1-2H3,(H,25,27,28);1H. The van der Waals surface area contributed by atoms with Crippen molar-refractivity contribution in [1.29, 1.82) is 0 Å². The molecule has 0 saturated heterocycles. The summed E-state index contributed by atoms with van der Waals surface area (Å²) in [5.41, 5.74) is 2.31. The molecule has 0 bridgehead atoms. The third-order valence-electron chi connectivity index (χ3n) is 4.75. The topological polar surface area (TPSA) is 80.8 Å². The molecule has 0 aliphatic carbocycles. The van der Waals surface area contributed by atoms with Crippen LogP contribution in [0.4, 0.5) is 19.1 Å². The summed E-state index contributed by atoms with van der Waals surface area (Å²) in [6.07, 6.45) is -0.964. The minimum Gasteiger partial charge on any atom is -0.392 e. The summed E-state index contributed by atoms with van der Waals surface area (Å²) in [5, 5.41) is 17.1. The Kier molecular flexibility index (Phi) is 6.56. The minimum absolute atomic E-state index is 0. The Balaban J connectivity index is 0.00000289. The van der Waals surface area contributed by atoms with Crippen LogP contribution in [-0.2, 0) is 12.8 Å². The second-order valence-corrected chi connectivity index (χ2v) is 6.89. The van der Waals surface area contributed by atoms with Gasteiger partial charge in [-0.15, -0.1) is 17.5 Å². The molecule has 0 amide bonds. The average Bonchev–Trinajstić information content (AvgIpc) is 3.39. The van der Waals surface area contributed by atoms with Gasteiger partial charge < -0.3 is 15.0 Å². The number of aliphatic hydroxyl groups is 1. The van der Waals surface area contributed by atoms with Gasteiger partial charge in [0.15, 0.2) is 5.82 Å². The van der Waals surface area contributed by atoms with Gasteiger partial charge in [0.2, 0.25) is 5.95 Å². The molecule has 168 valence electrons. The molecular weight excluding hydrogens is 445 g/mol. The zero-order valence-corrected chi connectivity index (χ0v) is 17.9. The van der Waals surface area contributed by atoms with Gasteiger partial charge in [0.25, 0.3) is 0 Å². The maximum Gasteiger partial charge on any atom is 0.416 e. The number of anilines is 1. The van der Waals surface area contributed by atoms with Gasteiger partial charge in [0, 0.05) is 24.4 Å². The Morgan fingerprint density at radius 3 is 2.53 bits per heavy atom. The second-order valence-electron chi connectivity index (χ2n) is 6.89. The number of benzene rings is 2. The van der Waals surface area contributed by atoms with E-state index in [1.165, 1.54) is 16.8 Å². The van der Waals surface area contributed by atoms with Crippen molar-refractivity contribution in [3.05, 3.63) is 71.8 Å². The number of aliphatic hydroxyl groups excluding tert-OH is 1. The van der Waals surface area contributed by atoms with Gasteiger partial charge in [-0.05, 0) is 43.3 Å². The molecule has 0 fully saturated rings. The van der Waals surface area contributed by atoms with Crippen molar-refractivity contribution in [3.8, 4) is 22.8 Å². The van der Waals surface area contributed by atoms with E-state index in [2.05, 4.69) is 20.4 Å². The quantitative estimate of drug-likeness (QED) is 0.457. The summed E-state index contributed by atoms with van der Waals surface area (Å²) in [5.74, 6) is 0.596. The maximum absolute atomic E-state index is 13.1. The van der Waals surface area contributed by atoms with Crippen LogP contribution in [0, 0.1) is 6.92 Å². The second kappa shape index (κ2) is 9.01. The summed E-state index contributed by atoms with van der Waals surface area (Å²) < 4.78 is 42.4. The number of hydrogen-bond donors (Lipinski definition) is 2. The Bertz CT molecular complexity index is 1230. The van der Waals surface area contributed by atoms with E-state index >= 15 is 0 Å². The first-order valence-electron chi connectivity index (χ1n) is 9.37. The molecule has 0 saturated carbocycles. The van der Waals surface area contributed by atoms with Gasteiger partial charge >= 0.3 is 6.18 Å². The SMILES string of the molecule is CNc1nc(-c2ccc(-n3cnc(C)c3)c(CO)c2)nn1-c1cccc(C(F)(F)F)c1.Cl. The molecule has 11 heteroatoms. The maximum atomic E-state index is 13.1. The van der Waals surface area contributed by atoms with Crippen molar-refractivity contribution in [1.82, 2.24) is 24.3 Å². The minimum atomic E-state index is -4.46. The Hall–Kier alpha value is -3.37. The number of hydrogen-bond acceptors (Lipinski definition) is 5. The third kappa shape index (κ3) is 4.46. The highest BCUT2D eigenvalue weighted by Gasteiger charge is 2.30. The van der Waals surface area contributed by atoms with Gasteiger partial charge in [0.05, 0.1) is 35.6 Å². The van der Waals surface area contributed by atoms with E-state index in [1.807, 2.05) is 19.2 Å². The summed E-state index contributed by atoms with van der Waals surface area (Å²) >= 11 is 0. The van der Waals surface area contributed by atoms with Crippen LogP contribution in [0.2, 0.25) is 0 Å². The first-order chi connectivity index (χ1) is 14.8. The average molecular weight is 465 g/mol. The molecule has 0 radical (unpaired) electrons. The molecule has 0 unspecified atom stereocenters. The number of halogens is 4. The zero-order chi connectivity index (χ0) is 22.2. The summed E-state index contributed by atoms with van der Waals surface area (Å²) in [7, 11) is 1.61. The number of rotatable bonds is 5. The normalized spacial score (nSPS) is 11.3. The van der Waals surface area contributed by atoms with Gasteiger partial charge in [-0.2, -0.15) is 22.8 Å². The number of nitrogens with zero attached hydrogens (tertiary/aromatic N) is 5. The monoisotopic (exact) mass is 464 g/mol. The molecule has 2 aromatic heterocycles. The van der Waals surface area contributed by atoms with Gasteiger partial charge in [-0.25, -0.2) is 4.98 Å². The fourth-order valence-electron chi connectivity index (χ4n) is 3.25. The molecular formula is C21H20ClF3N6O. The molecule has 0 aliphatic heterocycles. The lowest BCUT2D eigenvalue weighted by atomic mass is 10.1. The number of alkyl halides is 3. The van der Waals surface area contributed by atoms with E-state index < -0.39 is 11.7 Å². The Morgan fingerprint density at radius 1 is 1.12 bits per heavy atom. The first-order valence-corrected chi connectivity index (χ1v) is 9.37. The first kappa shape index (κ1) is 23.3. The smallest absolute Gasteiger partial charge is 0.392 e. The van der Waals surface area contributed by atoms with Crippen molar-refractivity contribution < 1.29 is 18.3 Å². The highest BCUT2D eigenvalue weighted by Crippen LogP contribution is 2.31. The van der Waals surface area contributed by atoms with E-state index in [0.29, 0.717) is 17.0 Å². The van der Waals surface area contributed by atoms with Crippen molar-refractivity contribution in [3.63, 3.8) is 0 Å². The molecule has 0 spiro atoms. The molecule has 2 aromatic carbocycles. The largest absolute Gasteiger partial charge is 0.416 e. The van der Waals surface area contributed by atoms with Crippen LogP contribution in [0.25, 0.3) is 22.8 Å². The van der Waals surface area contributed by atoms with E-state index in [4.69, 9.17) is 0 Å². The predicted octanol–water partition coefficient (Wildman–Crippen LogP) is 4.40. The van der Waals surface area contributed by atoms with Gasteiger partial charge in [-0.3, -0.25) is 0 Å². The molecule has 7 nitrogen and oxygen atoms in total. The fraction of sp³-hybridized carbons (Fsp3) is 0.190. The van der Waals surface area contributed by atoms with Crippen LogP contribution >= 0.6 is 12.4 Å². The van der Waals surface area contributed by atoms with Crippen LogP contribution in [0.5, 0.6) is 0 Å². The third-order valence-corrected chi connectivity index (χ3v) is 4.75. The van der Waals surface area contributed by atoms with E-state index in [-0.39, 0.29) is 30.6 Å². The molecule has 32 heavy (non-hydrogen) atoms. The summed E-state index contributed by atoms with van der Waals surface area (Å²) in [6.45, 7) is 1.65. The molecule has 4 rings (SSSR count). The van der Waals surface area contributed by atoms with Crippen molar-refractivity contribution in [2.75, 3.05) is 12.4 Å². The fourth-order valence-corrected chi connectivity index (χ4v) is 3.25. The Labute approximate surface area is 188 Å². The number of imidazole rings is 1. The van der Waals surface area contributed by atoms with Crippen molar-refractivity contribution in [2.45, 2.75) is 19.7 Å². The Morgan fingerprint density at radius 2 is 1.91 bits per heavy atom. The van der Waals surface area contributed by atoms with Crippen LogP contribution in [0.1, 0.15) is 16.8 Å². The van der Waals surface area contributed by atoms with Gasteiger partial charge in [0.1, 0.15) is 0 Å². The molecule has 0 atom stereocenters. The highest BCUT2D eigenvalue weighted by molar-refractivity contribution is 5.85. The number of nitrogens with one attached hydrogen (secondary N) is 1. The van der Waals surface area contributed by atoms with E-state index in [0.717, 1.165) is 23.5 Å². The highest BCUT2D eigenvalue weighted by atomic mass is 35.5. The van der Waals surface area contributed by atoms with Crippen LogP contribution in [-0.4, -0.2) is 36.5 Å². The molecule has 2 heterocycles. The lowest BCUT2D eigenvalue weighted by Crippen LogP contribution is -2.08. The zero-order valence-electron chi connectivity index (χ0n) is 17.1. The van der Waals surface area contributed by atoms with Crippen LogP contribution in [0.15, 0.2) is 55.0 Å². The van der Waals surface area contributed by atoms with Crippen molar-refractivity contribution >= 4 is 18.4 Å². The lowest BCUT2D eigenvalue weighted by Gasteiger charge is -2.10. The van der Waals surface area contributed by atoms with Crippen LogP contribution in [0.3, 0.4) is 0 Å². The number of aryl methyl sites for hydroxylation is 1. The van der Waals surface area contributed by atoms with Gasteiger partial charge in [-0.1, -0.05) is 6.07 Å². The molecule has 4 aromatic rings. The molecule has 0 aliphatic rings. The summed E-state index contributed by atoms with van der Waals surface area (Å²) in [4.78, 5) is 8.61. The van der Waals surface area contributed by atoms with Crippen molar-refractivity contribution in [2.24, 2.45) is 0 Å².